The number of hydrogen-bond acceptors (Lipinski definition) is 4. The maximum absolute atomic E-state index is 12.3. The third-order valence-corrected chi connectivity index (χ3v) is 3.75. The van der Waals surface area contributed by atoms with Gasteiger partial charge in [0.2, 0.25) is 11.8 Å². The van der Waals surface area contributed by atoms with Crippen molar-refractivity contribution in [3.8, 4) is 0 Å². The van der Waals surface area contributed by atoms with Crippen molar-refractivity contribution in [2.75, 3.05) is 11.6 Å². The Morgan fingerprint density at radius 1 is 1.39 bits per heavy atom. The highest BCUT2D eigenvalue weighted by Gasteiger charge is 2.38. The van der Waals surface area contributed by atoms with Gasteiger partial charge in [-0.1, -0.05) is 13.8 Å². The predicted molar refractivity (Wildman–Crippen MR) is 68.0 cm³/mol. The molecule has 0 spiro atoms. The van der Waals surface area contributed by atoms with Gasteiger partial charge >= 0.3 is 5.97 Å². The van der Waals surface area contributed by atoms with Crippen LogP contribution in [-0.4, -0.2) is 51.5 Å². The number of carboxylic acid groups (broad SMARTS) is 1. The summed E-state index contributed by atoms with van der Waals surface area (Å²) in [5, 5.41) is 11.6. The lowest BCUT2D eigenvalue weighted by molar-refractivity contribution is -0.149. The van der Waals surface area contributed by atoms with E-state index in [9.17, 15) is 14.4 Å². The fraction of sp³-hybridized carbons (Fsp3) is 0.727. The van der Waals surface area contributed by atoms with Crippen molar-refractivity contribution in [1.29, 1.82) is 0 Å². The van der Waals surface area contributed by atoms with Crippen molar-refractivity contribution < 1.29 is 19.5 Å². The van der Waals surface area contributed by atoms with Crippen LogP contribution in [0.3, 0.4) is 0 Å². The van der Waals surface area contributed by atoms with Crippen LogP contribution in [0.4, 0.5) is 0 Å². The smallest absolute Gasteiger partial charge is 0.327 e. The normalized spacial score (nSPS) is 20.9. The van der Waals surface area contributed by atoms with Crippen LogP contribution < -0.4 is 5.32 Å². The summed E-state index contributed by atoms with van der Waals surface area (Å²) in [6.07, 6.45) is 0. The minimum absolute atomic E-state index is 0.0820. The van der Waals surface area contributed by atoms with Crippen molar-refractivity contribution in [1.82, 2.24) is 10.2 Å². The number of carbonyl (C=O) groups is 3. The molecule has 0 saturated carbocycles. The summed E-state index contributed by atoms with van der Waals surface area (Å²) in [5.41, 5.74) is 0. The molecule has 0 aliphatic carbocycles. The van der Waals surface area contributed by atoms with Crippen LogP contribution in [0, 0.1) is 5.92 Å². The summed E-state index contributed by atoms with van der Waals surface area (Å²) in [7, 11) is 0. The molecule has 0 aromatic carbocycles. The van der Waals surface area contributed by atoms with E-state index in [4.69, 9.17) is 5.11 Å². The molecule has 2 atom stereocenters. The Labute approximate surface area is 110 Å². The first kappa shape index (κ1) is 14.8. The SMILES string of the molecule is CC(=O)N[C@H](C(=O)N1CSC[C@H]1C(=O)O)C(C)C. The summed E-state index contributed by atoms with van der Waals surface area (Å²) in [5.74, 6) is -0.941. The van der Waals surface area contributed by atoms with Gasteiger partial charge in [0.15, 0.2) is 0 Å². The van der Waals surface area contributed by atoms with Crippen molar-refractivity contribution in [3.63, 3.8) is 0 Å². The highest BCUT2D eigenvalue weighted by atomic mass is 32.2. The Morgan fingerprint density at radius 2 is 2.00 bits per heavy atom. The van der Waals surface area contributed by atoms with Crippen LogP contribution in [0.1, 0.15) is 20.8 Å². The Bertz CT molecular complexity index is 355. The number of thioether (sulfide) groups is 1. The maximum atomic E-state index is 12.3. The van der Waals surface area contributed by atoms with E-state index < -0.39 is 18.1 Å². The fourth-order valence-electron chi connectivity index (χ4n) is 1.78. The average molecular weight is 274 g/mol. The fourth-order valence-corrected chi connectivity index (χ4v) is 2.93. The van der Waals surface area contributed by atoms with E-state index in [1.54, 1.807) is 0 Å². The Balaban J connectivity index is 2.82. The van der Waals surface area contributed by atoms with E-state index in [-0.39, 0.29) is 17.7 Å². The monoisotopic (exact) mass is 274 g/mol. The summed E-state index contributed by atoms with van der Waals surface area (Å²) < 4.78 is 0. The Kier molecular flexibility index (Phi) is 5.01. The molecule has 1 rings (SSSR count). The molecule has 6 nitrogen and oxygen atoms in total. The minimum atomic E-state index is -1.00. The van der Waals surface area contributed by atoms with Crippen molar-refractivity contribution in [2.24, 2.45) is 5.92 Å². The van der Waals surface area contributed by atoms with Gasteiger partial charge in [0.1, 0.15) is 12.1 Å². The molecule has 18 heavy (non-hydrogen) atoms. The molecule has 0 aromatic rings. The van der Waals surface area contributed by atoms with Gasteiger partial charge in [-0.15, -0.1) is 11.8 Å². The van der Waals surface area contributed by atoms with Crippen LogP contribution in [0.15, 0.2) is 0 Å². The number of nitrogens with one attached hydrogen (secondary N) is 1. The Morgan fingerprint density at radius 3 is 2.44 bits per heavy atom. The zero-order chi connectivity index (χ0) is 13.9. The van der Waals surface area contributed by atoms with Crippen molar-refractivity contribution >= 4 is 29.5 Å². The van der Waals surface area contributed by atoms with Crippen LogP contribution in [0.5, 0.6) is 0 Å². The van der Waals surface area contributed by atoms with Crippen LogP contribution in [-0.2, 0) is 14.4 Å². The molecular weight excluding hydrogens is 256 g/mol. The zero-order valence-electron chi connectivity index (χ0n) is 10.7. The molecule has 0 aromatic heterocycles. The standard InChI is InChI=1S/C11H18N2O4S/c1-6(2)9(12-7(3)14)10(15)13-5-18-4-8(13)11(16)17/h6,8-9H,4-5H2,1-3H3,(H,12,14)(H,16,17)/t8-,9-/m0/s1. The van der Waals surface area contributed by atoms with E-state index in [0.717, 1.165) is 0 Å². The van der Waals surface area contributed by atoms with E-state index >= 15 is 0 Å². The van der Waals surface area contributed by atoms with Crippen LogP contribution in [0.2, 0.25) is 0 Å². The highest BCUT2D eigenvalue weighted by molar-refractivity contribution is 7.99. The lowest BCUT2D eigenvalue weighted by Gasteiger charge is -2.28. The number of nitrogens with zero attached hydrogens (tertiary/aromatic N) is 1. The Hall–Kier alpha value is -1.24. The van der Waals surface area contributed by atoms with Gasteiger partial charge in [0, 0.05) is 12.7 Å². The number of carbonyl (C=O) groups excluding carboxylic acids is 2. The first-order valence-electron chi connectivity index (χ1n) is 5.72. The average Bonchev–Trinajstić information content (AvgIpc) is 2.73. The molecule has 2 N–H and O–H groups in total. The number of rotatable bonds is 4. The van der Waals surface area contributed by atoms with Crippen molar-refractivity contribution in [3.05, 3.63) is 0 Å². The van der Waals surface area contributed by atoms with Crippen LogP contribution >= 0.6 is 11.8 Å². The largest absolute Gasteiger partial charge is 0.480 e. The maximum Gasteiger partial charge on any atom is 0.327 e. The minimum Gasteiger partial charge on any atom is -0.480 e. The molecule has 7 heteroatoms. The number of hydrogen-bond donors (Lipinski definition) is 2. The second-order valence-electron chi connectivity index (χ2n) is 4.58. The molecule has 1 saturated heterocycles. The second kappa shape index (κ2) is 6.08. The number of aliphatic carboxylic acids is 1. The molecule has 0 unspecified atom stereocenters. The summed E-state index contributed by atoms with van der Waals surface area (Å²) in [6.45, 7) is 4.98. The predicted octanol–water partition coefficient (Wildman–Crippen LogP) is 0.133. The molecule has 0 radical (unpaired) electrons. The van der Waals surface area contributed by atoms with Gasteiger partial charge in [-0.3, -0.25) is 9.59 Å². The number of amides is 2. The molecule has 2 amide bonds. The lowest BCUT2D eigenvalue weighted by Crippen LogP contribution is -2.53. The highest BCUT2D eigenvalue weighted by Crippen LogP contribution is 2.23. The van der Waals surface area contributed by atoms with Gasteiger partial charge < -0.3 is 15.3 Å². The zero-order valence-corrected chi connectivity index (χ0v) is 11.5. The van der Waals surface area contributed by atoms with Gasteiger partial charge in [-0.05, 0) is 5.92 Å². The summed E-state index contributed by atoms with van der Waals surface area (Å²) >= 11 is 1.41. The van der Waals surface area contributed by atoms with E-state index in [1.165, 1.54) is 23.6 Å². The van der Waals surface area contributed by atoms with Gasteiger partial charge in [-0.2, -0.15) is 0 Å². The molecule has 0 bridgehead atoms. The van der Waals surface area contributed by atoms with Crippen LogP contribution in [0.25, 0.3) is 0 Å². The molecule has 1 aliphatic heterocycles. The van der Waals surface area contributed by atoms with Gasteiger partial charge in [0.25, 0.3) is 0 Å². The van der Waals surface area contributed by atoms with E-state index in [1.807, 2.05) is 13.8 Å². The van der Waals surface area contributed by atoms with Gasteiger partial charge in [-0.25, -0.2) is 4.79 Å². The lowest BCUT2D eigenvalue weighted by atomic mass is 10.0. The first-order chi connectivity index (χ1) is 8.34. The topological polar surface area (TPSA) is 86.7 Å². The third-order valence-electron chi connectivity index (χ3n) is 2.74. The quantitative estimate of drug-likeness (QED) is 0.761. The molecule has 1 fully saturated rings. The van der Waals surface area contributed by atoms with E-state index in [0.29, 0.717) is 11.6 Å². The number of carboxylic acids is 1. The second-order valence-corrected chi connectivity index (χ2v) is 5.58. The molecular formula is C11H18N2O4S. The van der Waals surface area contributed by atoms with E-state index in [2.05, 4.69) is 5.32 Å². The molecule has 1 heterocycles. The van der Waals surface area contributed by atoms with Crippen molar-refractivity contribution in [2.45, 2.75) is 32.9 Å². The molecule has 102 valence electrons. The third kappa shape index (κ3) is 3.38. The van der Waals surface area contributed by atoms with Gasteiger partial charge in [0.05, 0.1) is 5.88 Å². The first-order valence-corrected chi connectivity index (χ1v) is 6.88. The molecule has 1 aliphatic rings. The summed E-state index contributed by atoms with van der Waals surface area (Å²) in [6, 6.07) is -1.46. The summed E-state index contributed by atoms with van der Waals surface area (Å²) in [4.78, 5) is 35.7.